The van der Waals surface area contributed by atoms with Crippen molar-refractivity contribution in [3.63, 3.8) is 0 Å². The average Bonchev–Trinajstić information content (AvgIpc) is 3.04. The second kappa shape index (κ2) is 6.76. The summed E-state index contributed by atoms with van der Waals surface area (Å²) in [6.45, 7) is 3.93. The number of rotatable bonds is 4. The number of H-pyrrole nitrogens is 1. The molecule has 2 N–H and O–H groups in total. The summed E-state index contributed by atoms with van der Waals surface area (Å²) in [5, 5.41) is 5.26. The van der Waals surface area contributed by atoms with Crippen LogP contribution < -0.4 is 10.1 Å². The van der Waals surface area contributed by atoms with Gasteiger partial charge in [-0.25, -0.2) is 0 Å². The van der Waals surface area contributed by atoms with Gasteiger partial charge in [-0.15, -0.1) is 0 Å². The Balaban J connectivity index is 1.61. The molecule has 4 aromatic rings. The predicted molar refractivity (Wildman–Crippen MR) is 107 cm³/mol. The molecule has 0 aliphatic heterocycles. The lowest BCUT2D eigenvalue weighted by molar-refractivity contribution is 0.0940. The number of benzene rings is 2. The van der Waals surface area contributed by atoms with Crippen LogP contribution in [-0.4, -0.2) is 23.0 Å². The van der Waals surface area contributed by atoms with Crippen LogP contribution in [0.4, 0.5) is 0 Å². The van der Waals surface area contributed by atoms with E-state index < -0.39 is 0 Å². The third-order valence-corrected chi connectivity index (χ3v) is 4.82. The van der Waals surface area contributed by atoms with Crippen LogP contribution in [-0.2, 0) is 0 Å². The molecule has 0 aliphatic carbocycles. The number of aromatic amines is 1. The number of ether oxygens (including phenoxy) is 1. The second-order valence-electron chi connectivity index (χ2n) is 6.73. The Labute approximate surface area is 157 Å². The number of amides is 1. The number of aromatic nitrogens is 2. The number of aryl methyl sites for hydroxylation is 1. The zero-order valence-corrected chi connectivity index (χ0v) is 15.5. The molecule has 1 atom stereocenters. The van der Waals surface area contributed by atoms with E-state index in [9.17, 15) is 4.79 Å². The van der Waals surface area contributed by atoms with Crippen molar-refractivity contribution in [2.24, 2.45) is 0 Å². The number of fused-ring (bicyclic) bond motifs is 3. The van der Waals surface area contributed by atoms with Crippen LogP contribution in [0.25, 0.3) is 21.8 Å². The van der Waals surface area contributed by atoms with Gasteiger partial charge in [0.05, 0.1) is 24.9 Å². The van der Waals surface area contributed by atoms with E-state index in [-0.39, 0.29) is 11.9 Å². The number of hydrogen-bond donors (Lipinski definition) is 2. The van der Waals surface area contributed by atoms with Crippen LogP contribution >= 0.6 is 0 Å². The van der Waals surface area contributed by atoms with E-state index in [1.807, 2.05) is 62.5 Å². The van der Waals surface area contributed by atoms with Gasteiger partial charge < -0.3 is 15.0 Å². The Morgan fingerprint density at radius 3 is 2.78 bits per heavy atom. The molecule has 0 fully saturated rings. The summed E-state index contributed by atoms with van der Waals surface area (Å²) in [4.78, 5) is 20.4. The van der Waals surface area contributed by atoms with Crippen LogP contribution in [0.1, 0.15) is 34.6 Å². The third-order valence-electron chi connectivity index (χ3n) is 4.82. The lowest BCUT2D eigenvalue weighted by Gasteiger charge is -2.15. The van der Waals surface area contributed by atoms with Gasteiger partial charge in [-0.05, 0) is 49.7 Å². The third kappa shape index (κ3) is 3.24. The second-order valence-corrected chi connectivity index (χ2v) is 6.73. The van der Waals surface area contributed by atoms with Crippen molar-refractivity contribution >= 4 is 27.7 Å². The summed E-state index contributed by atoms with van der Waals surface area (Å²) in [6.07, 6.45) is 1.83. The van der Waals surface area contributed by atoms with Crippen molar-refractivity contribution in [1.82, 2.24) is 15.3 Å². The molecule has 2 aromatic carbocycles. The highest BCUT2D eigenvalue weighted by molar-refractivity contribution is 6.09. The average molecular weight is 359 g/mol. The number of carbonyl (C=O) groups excluding carboxylic acids is 1. The molecule has 2 heterocycles. The minimum Gasteiger partial charge on any atom is -0.497 e. The largest absolute Gasteiger partial charge is 0.497 e. The van der Waals surface area contributed by atoms with Crippen molar-refractivity contribution in [2.75, 3.05) is 7.11 Å². The topological polar surface area (TPSA) is 67.0 Å². The molecule has 27 heavy (non-hydrogen) atoms. The maximum atomic E-state index is 12.7. The van der Waals surface area contributed by atoms with E-state index in [2.05, 4.69) is 21.4 Å². The fourth-order valence-corrected chi connectivity index (χ4v) is 3.33. The first-order valence-corrected chi connectivity index (χ1v) is 8.88. The Bertz CT molecular complexity index is 1150. The van der Waals surface area contributed by atoms with Gasteiger partial charge >= 0.3 is 0 Å². The van der Waals surface area contributed by atoms with Crippen LogP contribution in [0, 0.1) is 6.92 Å². The first-order valence-electron chi connectivity index (χ1n) is 8.88. The van der Waals surface area contributed by atoms with Crippen LogP contribution in [0.3, 0.4) is 0 Å². The maximum Gasteiger partial charge on any atom is 0.251 e. The molecule has 0 aliphatic rings. The molecule has 4 rings (SSSR count). The molecule has 0 spiro atoms. The Morgan fingerprint density at radius 2 is 1.96 bits per heavy atom. The minimum atomic E-state index is -0.127. The lowest BCUT2D eigenvalue weighted by Crippen LogP contribution is -2.26. The van der Waals surface area contributed by atoms with Crippen LogP contribution in [0.5, 0.6) is 5.75 Å². The molecule has 0 saturated heterocycles. The number of carbonyl (C=O) groups is 1. The molecule has 1 amide bonds. The summed E-state index contributed by atoms with van der Waals surface area (Å²) in [5.41, 5.74) is 4.48. The molecule has 1 unspecified atom stereocenters. The Kier molecular flexibility index (Phi) is 4.28. The maximum absolute atomic E-state index is 12.7. The van der Waals surface area contributed by atoms with Gasteiger partial charge in [-0.1, -0.05) is 18.2 Å². The molecule has 5 nitrogen and oxygen atoms in total. The van der Waals surface area contributed by atoms with Crippen molar-refractivity contribution in [3.8, 4) is 5.75 Å². The normalized spacial score (nSPS) is 12.3. The van der Waals surface area contributed by atoms with Crippen LogP contribution in [0.2, 0.25) is 0 Å². The fraction of sp³-hybridized carbons (Fsp3) is 0.182. The van der Waals surface area contributed by atoms with E-state index in [1.165, 1.54) is 0 Å². The number of methoxy groups -OCH3 is 1. The SMILES string of the molecule is COc1cccc(C(C)NC(=O)c2ccc3c(c2)[nH]c2cnc(C)cc23)c1. The van der Waals surface area contributed by atoms with Crippen molar-refractivity contribution < 1.29 is 9.53 Å². The molecule has 0 saturated carbocycles. The lowest BCUT2D eigenvalue weighted by atomic mass is 10.1. The first kappa shape index (κ1) is 17.1. The molecule has 5 heteroatoms. The van der Waals surface area contributed by atoms with Gasteiger partial charge in [0.15, 0.2) is 0 Å². The van der Waals surface area contributed by atoms with Gasteiger partial charge in [0.2, 0.25) is 0 Å². The predicted octanol–water partition coefficient (Wildman–Crippen LogP) is 4.52. The zero-order chi connectivity index (χ0) is 19.0. The number of nitrogens with one attached hydrogen (secondary N) is 2. The monoisotopic (exact) mass is 359 g/mol. The summed E-state index contributed by atoms with van der Waals surface area (Å²) < 4.78 is 5.26. The Morgan fingerprint density at radius 1 is 1.11 bits per heavy atom. The van der Waals surface area contributed by atoms with Gasteiger partial charge in [0.25, 0.3) is 5.91 Å². The first-order chi connectivity index (χ1) is 13.0. The smallest absolute Gasteiger partial charge is 0.251 e. The summed E-state index contributed by atoms with van der Waals surface area (Å²) >= 11 is 0. The number of pyridine rings is 1. The number of hydrogen-bond acceptors (Lipinski definition) is 3. The summed E-state index contributed by atoms with van der Waals surface area (Å²) in [6, 6.07) is 15.4. The van der Waals surface area contributed by atoms with Crippen LogP contribution in [0.15, 0.2) is 54.7 Å². The van der Waals surface area contributed by atoms with Gasteiger partial charge in [0.1, 0.15) is 5.75 Å². The molecule has 0 bridgehead atoms. The van der Waals surface area contributed by atoms with E-state index in [4.69, 9.17) is 4.74 Å². The van der Waals surface area contributed by atoms with Crippen molar-refractivity contribution in [1.29, 1.82) is 0 Å². The number of nitrogens with zero attached hydrogens (tertiary/aromatic N) is 1. The Hall–Kier alpha value is -3.34. The quantitative estimate of drug-likeness (QED) is 0.563. The highest BCUT2D eigenvalue weighted by Crippen LogP contribution is 2.26. The standard InChI is InChI=1S/C22H21N3O2/c1-13-9-19-18-8-7-16(11-20(18)25-21(19)12-23-13)22(26)24-14(2)15-5-4-6-17(10-15)27-3/h4-12,14,25H,1-3H3,(H,24,26). The van der Waals surface area contributed by atoms with Gasteiger partial charge in [-0.2, -0.15) is 0 Å². The van der Waals surface area contributed by atoms with Gasteiger partial charge in [0, 0.05) is 27.5 Å². The molecule has 2 aromatic heterocycles. The van der Waals surface area contributed by atoms with E-state index in [0.717, 1.165) is 38.8 Å². The van der Waals surface area contributed by atoms with Gasteiger partial charge in [-0.3, -0.25) is 9.78 Å². The van der Waals surface area contributed by atoms with E-state index >= 15 is 0 Å². The molecule has 136 valence electrons. The highest BCUT2D eigenvalue weighted by atomic mass is 16.5. The van der Waals surface area contributed by atoms with Crippen molar-refractivity contribution in [2.45, 2.75) is 19.9 Å². The molecular formula is C22H21N3O2. The zero-order valence-electron chi connectivity index (χ0n) is 15.5. The fourth-order valence-electron chi connectivity index (χ4n) is 3.33. The van der Waals surface area contributed by atoms with E-state index in [1.54, 1.807) is 7.11 Å². The molecule has 0 radical (unpaired) electrons. The minimum absolute atomic E-state index is 0.111. The van der Waals surface area contributed by atoms with E-state index in [0.29, 0.717) is 5.56 Å². The van der Waals surface area contributed by atoms with Crippen molar-refractivity contribution in [3.05, 3.63) is 71.5 Å². The summed E-state index contributed by atoms with van der Waals surface area (Å²) in [5.74, 6) is 0.664. The molecular weight excluding hydrogens is 338 g/mol. The summed E-state index contributed by atoms with van der Waals surface area (Å²) in [7, 11) is 1.63. The highest BCUT2D eigenvalue weighted by Gasteiger charge is 2.14.